The zero-order valence-corrected chi connectivity index (χ0v) is 16.8. The molecule has 1 heterocycles. The molecule has 0 radical (unpaired) electrons. The summed E-state index contributed by atoms with van der Waals surface area (Å²) in [7, 11) is 0. The molecule has 1 rings (SSSR count). The van der Waals surface area contributed by atoms with Gasteiger partial charge in [-0.1, -0.05) is 90.4 Å². The monoisotopic (exact) mass is 357 g/mol. The Bertz CT molecular complexity index is 314. The van der Waals surface area contributed by atoms with E-state index < -0.39 is 6.08 Å². The summed E-state index contributed by atoms with van der Waals surface area (Å²) in [5.41, 5.74) is 0. The van der Waals surface area contributed by atoms with E-state index in [1.54, 1.807) is 0 Å². The number of ether oxygens (including phenoxy) is 2. The van der Waals surface area contributed by atoms with Gasteiger partial charge in [0.15, 0.2) is 0 Å². The van der Waals surface area contributed by atoms with Crippen molar-refractivity contribution < 1.29 is 16.0 Å². The molecule has 0 aromatic carbocycles. The van der Waals surface area contributed by atoms with Crippen LogP contribution in [0.2, 0.25) is 0 Å². The van der Waals surface area contributed by atoms with Crippen LogP contribution in [0.5, 0.6) is 0 Å². The van der Waals surface area contributed by atoms with Gasteiger partial charge in [-0.05, 0) is 19.3 Å². The Morgan fingerprint density at radius 1 is 0.880 bits per heavy atom. The molecular weight excluding hydrogens is 312 g/mol. The van der Waals surface area contributed by atoms with Crippen molar-refractivity contribution in [1.29, 1.82) is 0 Å². The zero-order valence-electron chi connectivity index (χ0n) is 17.8. The van der Waals surface area contributed by atoms with Crippen LogP contribution in [0.4, 0.5) is 0 Å². The highest BCUT2D eigenvalue weighted by atomic mass is 16.5. The first-order valence-corrected chi connectivity index (χ1v) is 11.1. The molecular formula is C22H44O3. The molecule has 0 aromatic heterocycles. The van der Waals surface area contributed by atoms with Gasteiger partial charge >= 0.3 is 0 Å². The molecule has 0 aliphatic carbocycles. The van der Waals surface area contributed by atoms with E-state index in [0.717, 1.165) is 19.3 Å². The standard InChI is InChI=1S/C22H44O3/c1-2-3-4-5-6-7-8-9-10-11-12-13-14-15-18-24-21-17-16-19-25-22(21)20-23/h21-23H,2-20H2,1H3/t21-,22+/m1/s1/i22D. The number of aliphatic hydroxyl groups excluding tert-OH is 1. The second-order valence-electron chi connectivity index (χ2n) is 7.57. The summed E-state index contributed by atoms with van der Waals surface area (Å²) in [5, 5.41) is 9.35. The van der Waals surface area contributed by atoms with Crippen LogP contribution in [0.3, 0.4) is 0 Å². The van der Waals surface area contributed by atoms with Crippen molar-refractivity contribution in [3.8, 4) is 0 Å². The molecule has 1 aliphatic rings. The van der Waals surface area contributed by atoms with Crippen molar-refractivity contribution in [1.82, 2.24) is 0 Å². The van der Waals surface area contributed by atoms with Crippen molar-refractivity contribution in [2.45, 2.75) is 122 Å². The molecule has 0 aromatic rings. The third-order valence-corrected chi connectivity index (χ3v) is 5.23. The highest BCUT2D eigenvalue weighted by Crippen LogP contribution is 2.18. The van der Waals surface area contributed by atoms with Crippen molar-refractivity contribution in [3.63, 3.8) is 0 Å². The lowest BCUT2D eigenvalue weighted by atomic mass is 10.0. The van der Waals surface area contributed by atoms with E-state index in [9.17, 15) is 5.11 Å². The van der Waals surface area contributed by atoms with Crippen LogP contribution in [-0.4, -0.2) is 37.1 Å². The first kappa shape index (κ1) is 21.2. The summed E-state index contributed by atoms with van der Waals surface area (Å²) in [6, 6.07) is 0. The average molecular weight is 358 g/mol. The number of hydrogen-bond acceptors (Lipinski definition) is 3. The van der Waals surface area contributed by atoms with Gasteiger partial charge < -0.3 is 14.6 Å². The lowest BCUT2D eigenvalue weighted by molar-refractivity contribution is -0.122. The van der Waals surface area contributed by atoms with Gasteiger partial charge in [-0.25, -0.2) is 0 Å². The van der Waals surface area contributed by atoms with Gasteiger partial charge in [-0.3, -0.25) is 0 Å². The fraction of sp³-hybridized carbons (Fsp3) is 1.00. The number of unbranched alkanes of at least 4 members (excludes halogenated alkanes) is 13. The maximum Gasteiger partial charge on any atom is 0.107 e. The van der Waals surface area contributed by atoms with Gasteiger partial charge in [-0.15, -0.1) is 0 Å². The molecule has 150 valence electrons. The smallest absolute Gasteiger partial charge is 0.107 e. The quantitative estimate of drug-likeness (QED) is 0.323. The maximum absolute atomic E-state index is 9.35. The van der Waals surface area contributed by atoms with Gasteiger partial charge in [0.1, 0.15) is 6.08 Å². The first-order valence-electron chi connectivity index (χ1n) is 11.6. The Balaban J connectivity index is 1.82. The second-order valence-corrected chi connectivity index (χ2v) is 7.57. The predicted molar refractivity (Wildman–Crippen MR) is 106 cm³/mol. The normalized spacial score (nSPS) is 24.4. The minimum Gasteiger partial charge on any atom is -0.394 e. The Labute approximate surface area is 158 Å². The van der Waals surface area contributed by atoms with E-state index in [0.29, 0.717) is 13.2 Å². The molecule has 1 fully saturated rings. The zero-order chi connectivity index (χ0) is 18.9. The number of aliphatic hydroxyl groups is 1. The lowest BCUT2D eigenvalue weighted by Gasteiger charge is -2.30. The van der Waals surface area contributed by atoms with Crippen LogP contribution in [0.1, 0.15) is 111 Å². The highest BCUT2D eigenvalue weighted by molar-refractivity contribution is 4.74. The van der Waals surface area contributed by atoms with Crippen molar-refractivity contribution >= 4 is 0 Å². The second kappa shape index (κ2) is 17.3. The molecule has 0 saturated carbocycles. The first-order chi connectivity index (χ1) is 12.7. The molecule has 1 N–H and O–H groups in total. The van der Waals surface area contributed by atoms with Crippen LogP contribution in [0.15, 0.2) is 0 Å². The molecule has 25 heavy (non-hydrogen) atoms. The summed E-state index contributed by atoms with van der Waals surface area (Å²) in [5.74, 6) is 0. The summed E-state index contributed by atoms with van der Waals surface area (Å²) >= 11 is 0. The van der Waals surface area contributed by atoms with Crippen LogP contribution in [0, 0.1) is 0 Å². The van der Waals surface area contributed by atoms with Crippen LogP contribution < -0.4 is 0 Å². The fourth-order valence-corrected chi connectivity index (χ4v) is 3.57. The summed E-state index contributed by atoms with van der Waals surface area (Å²) in [4.78, 5) is 0. The molecule has 3 nitrogen and oxygen atoms in total. The van der Waals surface area contributed by atoms with Gasteiger partial charge in [0, 0.05) is 13.2 Å². The van der Waals surface area contributed by atoms with E-state index in [1.165, 1.54) is 83.5 Å². The average Bonchev–Trinajstić information content (AvgIpc) is 2.66. The number of hydrogen-bond donors (Lipinski definition) is 1. The van der Waals surface area contributed by atoms with E-state index in [4.69, 9.17) is 10.8 Å². The third-order valence-electron chi connectivity index (χ3n) is 5.23. The van der Waals surface area contributed by atoms with Gasteiger partial charge in [0.05, 0.1) is 14.1 Å². The van der Waals surface area contributed by atoms with Crippen LogP contribution in [-0.2, 0) is 9.47 Å². The predicted octanol–water partition coefficient (Wildman–Crippen LogP) is 6.02. The molecule has 0 unspecified atom stereocenters. The lowest BCUT2D eigenvalue weighted by Crippen LogP contribution is -2.39. The fourth-order valence-electron chi connectivity index (χ4n) is 3.57. The van der Waals surface area contributed by atoms with E-state index in [1.807, 2.05) is 0 Å². The Morgan fingerprint density at radius 2 is 1.40 bits per heavy atom. The van der Waals surface area contributed by atoms with Crippen molar-refractivity contribution in [2.75, 3.05) is 19.8 Å². The van der Waals surface area contributed by atoms with Gasteiger partial charge in [0.25, 0.3) is 0 Å². The minimum absolute atomic E-state index is 0.275. The Morgan fingerprint density at radius 3 is 1.92 bits per heavy atom. The van der Waals surface area contributed by atoms with E-state index in [-0.39, 0.29) is 12.7 Å². The summed E-state index contributed by atoms with van der Waals surface area (Å²) in [6.07, 6.45) is 19.2. The Hall–Kier alpha value is -0.120. The Kier molecular flexibility index (Phi) is 14.7. The molecule has 1 aliphatic heterocycles. The molecule has 2 atom stereocenters. The molecule has 1 saturated heterocycles. The SMILES string of the molecule is [2H][C@@]1(CO)OCCC[C@H]1OCCCCCCCCCCCCCCCC. The van der Waals surface area contributed by atoms with Gasteiger partial charge in [-0.2, -0.15) is 0 Å². The minimum atomic E-state index is -1.24. The highest BCUT2D eigenvalue weighted by Gasteiger charge is 2.25. The van der Waals surface area contributed by atoms with Crippen molar-refractivity contribution in [3.05, 3.63) is 0 Å². The van der Waals surface area contributed by atoms with Crippen molar-refractivity contribution in [2.24, 2.45) is 0 Å². The molecule has 0 spiro atoms. The van der Waals surface area contributed by atoms with E-state index >= 15 is 0 Å². The topological polar surface area (TPSA) is 38.7 Å². The maximum atomic E-state index is 9.35. The van der Waals surface area contributed by atoms with Gasteiger partial charge in [0.2, 0.25) is 0 Å². The molecule has 3 heteroatoms. The van der Waals surface area contributed by atoms with Crippen LogP contribution in [0.25, 0.3) is 0 Å². The summed E-state index contributed by atoms with van der Waals surface area (Å²) < 4.78 is 19.3. The summed E-state index contributed by atoms with van der Waals surface area (Å²) in [6.45, 7) is 3.24. The molecule has 0 amide bonds. The molecule has 0 bridgehead atoms. The van der Waals surface area contributed by atoms with E-state index in [2.05, 4.69) is 6.92 Å². The number of rotatable bonds is 17. The third kappa shape index (κ3) is 12.8. The largest absolute Gasteiger partial charge is 0.394 e. The van der Waals surface area contributed by atoms with Crippen LogP contribution >= 0.6 is 0 Å².